The van der Waals surface area contributed by atoms with Crippen molar-refractivity contribution in [3.8, 4) is 5.69 Å². The molecule has 0 spiro atoms. The summed E-state index contributed by atoms with van der Waals surface area (Å²) in [5, 5.41) is 3.49. The van der Waals surface area contributed by atoms with Gasteiger partial charge in [0, 0.05) is 30.2 Å². The minimum Gasteiger partial charge on any atom is -0.325 e. The third-order valence-electron chi connectivity index (χ3n) is 7.27. The number of anilines is 1. The van der Waals surface area contributed by atoms with Crippen LogP contribution in [0.3, 0.4) is 0 Å². The molecule has 1 aliphatic rings. The van der Waals surface area contributed by atoms with Gasteiger partial charge in [-0.2, -0.15) is 13.2 Å². The van der Waals surface area contributed by atoms with Crippen molar-refractivity contribution in [1.82, 2.24) is 14.5 Å². The number of halogens is 3. The van der Waals surface area contributed by atoms with E-state index in [1.54, 1.807) is 0 Å². The van der Waals surface area contributed by atoms with Gasteiger partial charge in [0.05, 0.1) is 22.4 Å². The molecule has 0 saturated heterocycles. The van der Waals surface area contributed by atoms with Crippen molar-refractivity contribution < 1.29 is 18.0 Å². The molecule has 6 rings (SSSR count). The Morgan fingerprint density at radius 3 is 2.56 bits per heavy atom. The Morgan fingerprint density at radius 1 is 1.05 bits per heavy atom. The molecule has 0 saturated carbocycles. The fourth-order valence-corrected chi connectivity index (χ4v) is 7.29. The van der Waals surface area contributed by atoms with E-state index in [1.165, 1.54) is 33.6 Å². The largest absolute Gasteiger partial charge is 0.416 e. The molecule has 1 amide bonds. The summed E-state index contributed by atoms with van der Waals surface area (Å²) in [6, 6.07) is 22.3. The number of fused-ring (bicyclic) bond motifs is 3. The fourth-order valence-electron chi connectivity index (χ4n) is 5.17. The zero-order chi connectivity index (χ0) is 30.1. The molecule has 1 aliphatic heterocycles. The summed E-state index contributed by atoms with van der Waals surface area (Å²) in [6.45, 7) is 4.32. The molecule has 5 aromatic rings. The molecule has 3 heterocycles. The van der Waals surface area contributed by atoms with E-state index in [-0.39, 0.29) is 17.0 Å². The second-order valence-electron chi connectivity index (χ2n) is 10.4. The van der Waals surface area contributed by atoms with E-state index in [0.717, 1.165) is 66.0 Å². The first-order chi connectivity index (χ1) is 20.7. The number of rotatable bonds is 7. The number of carbonyl (C=O) groups is 1. The lowest BCUT2D eigenvalue weighted by Crippen LogP contribution is -2.30. The normalized spacial score (nSPS) is 13.7. The second-order valence-corrected chi connectivity index (χ2v) is 12.4. The van der Waals surface area contributed by atoms with Gasteiger partial charge in [0.25, 0.3) is 5.56 Å². The maximum atomic E-state index is 14.1. The quantitative estimate of drug-likeness (QED) is 0.156. The molecule has 0 unspecified atom stereocenters. The first-order valence-electron chi connectivity index (χ1n) is 13.7. The van der Waals surface area contributed by atoms with Crippen molar-refractivity contribution in [3.05, 3.63) is 116 Å². The van der Waals surface area contributed by atoms with Crippen molar-refractivity contribution in [2.45, 2.75) is 37.8 Å². The molecule has 1 N–H and O–H groups in total. The monoisotopic (exact) mass is 620 g/mol. The SMILES string of the molecule is Cc1ccc(-n2c(SCC(=O)Nc3cccc(C(F)(F)F)c3)nc3sc4c(c3c2=O)CCN(Cc2ccccc2)C4)cc1. The van der Waals surface area contributed by atoms with Crippen molar-refractivity contribution in [3.63, 3.8) is 0 Å². The zero-order valence-electron chi connectivity index (χ0n) is 23.1. The standard InChI is InChI=1S/C32H27F3N4O2S2/c1-20-10-12-24(13-11-20)39-30(41)28-25-14-15-38(17-21-6-3-2-4-7-21)18-26(25)43-29(28)37-31(39)42-19-27(40)36-23-9-5-8-22(16-23)32(33,34)35/h2-13,16H,14-15,17-19H2,1H3,(H,36,40). The summed E-state index contributed by atoms with van der Waals surface area (Å²) in [4.78, 5) is 35.9. The number of nitrogens with one attached hydrogen (secondary N) is 1. The first kappa shape index (κ1) is 29.2. The van der Waals surface area contributed by atoms with Crippen molar-refractivity contribution in [2.75, 3.05) is 17.6 Å². The van der Waals surface area contributed by atoms with Gasteiger partial charge < -0.3 is 5.32 Å². The Hall–Kier alpha value is -3.93. The average Bonchev–Trinajstić information content (AvgIpc) is 3.35. The van der Waals surface area contributed by atoms with Crippen molar-refractivity contribution in [2.24, 2.45) is 0 Å². The summed E-state index contributed by atoms with van der Waals surface area (Å²) >= 11 is 2.58. The molecule has 0 bridgehead atoms. The molecule has 0 atom stereocenters. The van der Waals surface area contributed by atoms with Crippen LogP contribution >= 0.6 is 23.1 Å². The highest BCUT2D eigenvalue weighted by molar-refractivity contribution is 7.99. The number of thiophene rings is 1. The molecular weight excluding hydrogens is 594 g/mol. The van der Waals surface area contributed by atoms with E-state index in [1.807, 2.05) is 49.4 Å². The number of alkyl halides is 3. The maximum absolute atomic E-state index is 14.1. The third-order valence-corrected chi connectivity index (χ3v) is 9.32. The summed E-state index contributed by atoms with van der Waals surface area (Å²) in [6.07, 6.45) is -3.78. The van der Waals surface area contributed by atoms with E-state index in [0.29, 0.717) is 21.1 Å². The predicted molar refractivity (Wildman–Crippen MR) is 165 cm³/mol. The Labute approximate surface area is 254 Å². The summed E-state index contributed by atoms with van der Waals surface area (Å²) in [5.41, 5.74) is 2.94. The van der Waals surface area contributed by atoms with Crippen LogP contribution in [0.2, 0.25) is 0 Å². The van der Waals surface area contributed by atoms with Gasteiger partial charge >= 0.3 is 6.18 Å². The molecule has 2 aromatic heterocycles. The minimum absolute atomic E-state index is 0.0470. The van der Waals surface area contributed by atoms with Crippen molar-refractivity contribution >= 4 is 44.9 Å². The maximum Gasteiger partial charge on any atom is 0.416 e. The molecule has 0 aliphatic carbocycles. The minimum atomic E-state index is -4.52. The van der Waals surface area contributed by atoms with E-state index in [9.17, 15) is 22.8 Å². The molecule has 0 fully saturated rings. The molecule has 43 heavy (non-hydrogen) atoms. The third kappa shape index (κ3) is 6.39. The van der Waals surface area contributed by atoms with Crippen LogP contribution in [0.1, 0.15) is 27.1 Å². The first-order valence-corrected chi connectivity index (χ1v) is 15.5. The van der Waals surface area contributed by atoms with Crippen LogP contribution in [-0.2, 0) is 30.5 Å². The highest BCUT2D eigenvalue weighted by atomic mass is 32.2. The summed E-state index contributed by atoms with van der Waals surface area (Å²) < 4.78 is 40.9. The van der Waals surface area contributed by atoms with E-state index >= 15 is 0 Å². The van der Waals surface area contributed by atoms with E-state index in [2.05, 4.69) is 22.3 Å². The number of nitrogens with zero attached hydrogens (tertiary/aromatic N) is 3. The lowest BCUT2D eigenvalue weighted by atomic mass is 10.0. The van der Waals surface area contributed by atoms with Gasteiger partial charge in [0.1, 0.15) is 4.83 Å². The number of aromatic nitrogens is 2. The van der Waals surface area contributed by atoms with Crippen LogP contribution in [0.25, 0.3) is 15.9 Å². The van der Waals surface area contributed by atoms with Crippen LogP contribution in [0.15, 0.2) is 88.8 Å². The topological polar surface area (TPSA) is 67.2 Å². The number of thioether (sulfide) groups is 1. The molecule has 11 heteroatoms. The molecule has 0 radical (unpaired) electrons. The Balaban J connectivity index is 1.30. The second kappa shape index (κ2) is 12.0. The summed E-state index contributed by atoms with van der Waals surface area (Å²) in [7, 11) is 0. The van der Waals surface area contributed by atoms with Gasteiger partial charge in [-0.1, -0.05) is 65.9 Å². The van der Waals surface area contributed by atoms with Gasteiger partial charge in [-0.25, -0.2) is 4.98 Å². The molecule has 6 nitrogen and oxygen atoms in total. The Morgan fingerprint density at radius 2 is 1.81 bits per heavy atom. The molecule has 3 aromatic carbocycles. The van der Waals surface area contributed by atoms with Gasteiger partial charge in [-0.3, -0.25) is 19.1 Å². The number of hydrogen-bond donors (Lipinski definition) is 1. The highest BCUT2D eigenvalue weighted by Crippen LogP contribution is 2.35. The number of aryl methyl sites for hydroxylation is 1. The van der Waals surface area contributed by atoms with Crippen LogP contribution in [0.5, 0.6) is 0 Å². The van der Waals surface area contributed by atoms with Gasteiger partial charge in [-0.05, 0) is 54.8 Å². The van der Waals surface area contributed by atoms with Crippen LogP contribution in [-0.4, -0.2) is 32.7 Å². The van der Waals surface area contributed by atoms with Gasteiger partial charge in [-0.15, -0.1) is 11.3 Å². The lowest BCUT2D eigenvalue weighted by Gasteiger charge is -2.26. The number of amides is 1. The smallest absolute Gasteiger partial charge is 0.325 e. The molecular formula is C32H27F3N4O2S2. The van der Waals surface area contributed by atoms with Crippen LogP contribution in [0, 0.1) is 6.92 Å². The zero-order valence-corrected chi connectivity index (χ0v) is 24.8. The lowest BCUT2D eigenvalue weighted by molar-refractivity contribution is -0.137. The van der Waals surface area contributed by atoms with E-state index in [4.69, 9.17) is 4.98 Å². The number of hydrogen-bond acceptors (Lipinski definition) is 6. The van der Waals surface area contributed by atoms with Crippen LogP contribution < -0.4 is 10.9 Å². The number of carbonyl (C=O) groups excluding carboxylic acids is 1. The van der Waals surface area contributed by atoms with Crippen molar-refractivity contribution in [1.29, 1.82) is 0 Å². The van der Waals surface area contributed by atoms with E-state index < -0.39 is 17.6 Å². The fraction of sp³-hybridized carbons (Fsp3) is 0.219. The number of benzene rings is 3. The van der Waals surface area contributed by atoms with Crippen LogP contribution in [0.4, 0.5) is 18.9 Å². The average molecular weight is 621 g/mol. The predicted octanol–water partition coefficient (Wildman–Crippen LogP) is 7.06. The van der Waals surface area contributed by atoms with Gasteiger partial charge in [0.2, 0.25) is 5.91 Å². The highest BCUT2D eigenvalue weighted by Gasteiger charge is 2.30. The summed E-state index contributed by atoms with van der Waals surface area (Å²) in [5.74, 6) is -0.646. The van der Waals surface area contributed by atoms with Gasteiger partial charge in [0.15, 0.2) is 5.16 Å². The Kier molecular flexibility index (Phi) is 8.13. The molecule has 220 valence electrons. The Bertz CT molecular complexity index is 1850.